The Labute approximate surface area is 174 Å². The molecule has 0 radical (unpaired) electrons. The van der Waals surface area contributed by atoms with Gasteiger partial charge in [0.1, 0.15) is 5.82 Å². The lowest BCUT2D eigenvalue weighted by Crippen LogP contribution is -2.19. The molecule has 2 aromatic carbocycles. The fourth-order valence-corrected chi connectivity index (χ4v) is 3.58. The van der Waals surface area contributed by atoms with Gasteiger partial charge in [0.05, 0.1) is 17.1 Å². The van der Waals surface area contributed by atoms with E-state index in [1.165, 1.54) is 30.1 Å². The first-order chi connectivity index (χ1) is 14.5. The van der Waals surface area contributed by atoms with Crippen LogP contribution in [0, 0.1) is 5.82 Å². The summed E-state index contributed by atoms with van der Waals surface area (Å²) in [6.07, 6.45) is 2.43. The van der Waals surface area contributed by atoms with E-state index in [1.54, 1.807) is 47.9 Å². The zero-order valence-corrected chi connectivity index (χ0v) is 16.9. The Hall–Kier alpha value is -3.46. The Morgan fingerprint density at radius 2 is 1.93 bits per heavy atom. The third kappa shape index (κ3) is 3.71. The number of H-pyrrole nitrogens is 1. The number of fused-ring (bicyclic) bond motifs is 1. The molecule has 0 amide bonds. The molecule has 2 aromatic heterocycles. The van der Waals surface area contributed by atoms with Crippen LogP contribution in [0.3, 0.4) is 0 Å². The van der Waals surface area contributed by atoms with Crippen LogP contribution in [0.4, 0.5) is 4.39 Å². The van der Waals surface area contributed by atoms with Gasteiger partial charge >= 0.3 is 5.97 Å². The minimum absolute atomic E-state index is 0.181. The summed E-state index contributed by atoms with van der Waals surface area (Å²) in [4.78, 5) is 36.5. The number of hydrogen-bond donors (Lipinski definition) is 1. The topological polar surface area (TPSA) is 89.9 Å². The monoisotopic (exact) mass is 424 g/mol. The van der Waals surface area contributed by atoms with E-state index in [0.717, 1.165) is 0 Å². The Bertz CT molecular complexity index is 1280. The molecule has 152 valence electrons. The number of benzene rings is 2. The van der Waals surface area contributed by atoms with Crippen molar-refractivity contribution in [2.75, 3.05) is 6.26 Å². The number of carbonyl (C=O) groups excluding carboxylic acids is 1. The molecular weight excluding hydrogens is 407 g/mol. The number of aromatic amines is 1. The highest BCUT2D eigenvalue weighted by Crippen LogP contribution is 2.24. The zero-order chi connectivity index (χ0) is 21.3. The molecule has 0 bridgehead atoms. The van der Waals surface area contributed by atoms with Crippen molar-refractivity contribution < 1.29 is 13.9 Å². The summed E-state index contributed by atoms with van der Waals surface area (Å²) in [7, 11) is 0. The predicted molar refractivity (Wildman–Crippen MR) is 111 cm³/mol. The van der Waals surface area contributed by atoms with Crippen molar-refractivity contribution in [1.82, 2.24) is 19.5 Å². The summed E-state index contributed by atoms with van der Waals surface area (Å²) in [5.41, 5.74) is 0.968. The number of esters is 1. The average molecular weight is 424 g/mol. The molecule has 4 aromatic rings. The number of hydrogen-bond acceptors (Lipinski definition) is 6. The maximum absolute atomic E-state index is 13.3. The van der Waals surface area contributed by atoms with E-state index in [-0.39, 0.29) is 22.9 Å². The highest BCUT2D eigenvalue weighted by atomic mass is 32.2. The van der Waals surface area contributed by atoms with Crippen molar-refractivity contribution in [3.63, 3.8) is 0 Å². The molecule has 0 saturated carbocycles. The summed E-state index contributed by atoms with van der Waals surface area (Å²) >= 11 is 1.34. The van der Waals surface area contributed by atoms with Gasteiger partial charge in [0, 0.05) is 5.69 Å². The van der Waals surface area contributed by atoms with E-state index in [0.29, 0.717) is 21.7 Å². The molecular formula is C21H17FN4O3S. The number of aromatic nitrogens is 4. The molecule has 0 saturated heterocycles. The molecule has 4 rings (SSSR count). The maximum Gasteiger partial charge on any atom is 0.357 e. The summed E-state index contributed by atoms with van der Waals surface area (Å²) in [5, 5.41) is 1.01. The van der Waals surface area contributed by atoms with Gasteiger partial charge < -0.3 is 9.72 Å². The summed E-state index contributed by atoms with van der Waals surface area (Å²) in [6.45, 7) is 1.62. The number of halogens is 1. The lowest BCUT2D eigenvalue weighted by atomic mass is 10.2. The van der Waals surface area contributed by atoms with Gasteiger partial charge in [-0.3, -0.25) is 9.36 Å². The highest BCUT2D eigenvalue weighted by molar-refractivity contribution is 7.98. The lowest BCUT2D eigenvalue weighted by Gasteiger charge is -2.15. The second kappa shape index (κ2) is 8.11. The Morgan fingerprint density at radius 1 is 1.20 bits per heavy atom. The second-order valence-electron chi connectivity index (χ2n) is 6.46. The number of ether oxygens (including phenoxy) is 1. The molecule has 2 heterocycles. The van der Waals surface area contributed by atoms with E-state index >= 15 is 0 Å². The molecule has 0 fully saturated rings. The number of imidazole rings is 1. The summed E-state index contributed by atoms with van der Waals surface area (Å²) < 4.78 is 20.5. The first kappa shape index (κ1) is 19.8. The summed E-state index contributed by atoms with van der Waals surface area (Å²) in [5.74, 6) is -0.783. The van der Waals surface area contributed by atoms with Gasteiger partial charge in [-0.1, -0.05) is 23.9 Å². The highest BCUT2D eigenvalue weighted by Gasteiger charge is 2.23. The number of nitrogens with zero attached hydrogens (tertiary/aromatic N) is 3. The van der Waals surface area contributed by atoms with Gasteiger partial charge in [0.2, 0.25) is 0 Å². The minimum Gasteiger partial charge on any atom is -0.450 e. The van der Waals surface area contributed by atoms with Gasteiger partial charge in [0.15, 0.2) is 22.8 Å². The van der Waals surface area contributed by atoms with E-state index in [1.807, 2.05) is 6.26 Å². The van der Waals surface area contributed by atoms with E-state index in [9.17, 15) is 14.0 Å². The quantitative estimate of drug-likeness (QED) is 0.386. The first-order valence-corrected chi connectivity index (χ1v) is 10.3. The van der Waals surface area contributed by atoms with E-state index in [4.69, 9.17) is 4.74 Å². The van der Waals surface area contributed by atoms with Crippen LogP contribution < -0.4 is 5.56 Å². The first-order valence-electron chi connectivity index (χ1n) is 9.05. The second-order valence-corrected chi connectivity index (χ2v) is 7.23. The molecule has 9 heteroatoms. The zero-order valence-electron chi connectivity index (χ0n) is 16.1. The van der Waals surface area contributed by atoms with Gasteiger partial charge in [-0.2, -0.15) is 0 Å². The molecule has 1 atom stereocenters. The van der Waals surface area contributed by atoms with Crippen LogP contribution in [-0.2, 0) is 4.74 Å². The fourth-order valence-electron chi connectivity index (χ4n) is 3.04. The van der Waals surface area contributed by atoms with E-state index in [2.05, 4.69) is 15.0 Å². The molecule has 30 heavy (non-hydrogen) atoms. The number of carbonyl (C=O) groups is 1. The van der Waals surface area contributed by atoms with Crippen LogP contribution in [0.5, 0.6) is 0 Å². The molecule has 7 nitrogen and oxygen atoms in total. The van der Waals surface area contributed by atoms with Gasteiger partial charge in [-0.15, -0.1) is 0 Å². The van der Waals surface area contributed by atoms with Gasteiger partial charge in [-0.05, 0) is 49.6 Å². The molecule has 0 aliphatic heterocycles. The van der Waals surface area contributed by atoms with Crippen molar-refractivity contribution in [3.8, 4) is 5.69 Å². The van der Waals surface area contributed by atoms with Crippen LogP contribution in [-0.4, -0.2) is 31.7 Å². The molecule has 0 spiro atoms. The molecule has 0 unspecified atom stereocenters. The fraction of sp³-hybridized carbons (Fsp3) is 0.143. The van der Waals surface area contributed by atoms with Gasteiger partial charge in [-0.25, -0.2) is 19.2 Å². The van der Waals surface area contributed by atoms with Crippen LogP contribution in [0.15, 0.2) is 64.7 Å². The molecule has 0 aliphatic rings. The van der Waals surface area contributed by atoms with E-state index < -0.39 is 12.1 Å². The normalized spacial score (nSPS) is 12.1. The number of rotatable bonds is 5. The number of nitrogens with one attached hydrogen (secondary N) is 1. The van der Waals surface area contributed by atoms with Crippen molar-refractivity contribution >= 4 is 28.6 Å². The Balaban J connectivity index is 1.65. The third-order valence-corrected chi connectivity index (χ3v) is 5.16. The van der Waals surface area contributed by atoms with Gasteiger partial charge in [0.25, 0.3) is 5.56 Å². The average Bonchev–Trinajstić information content (AvgIpc) is 3.18. The van der Waals surface area contributed by atoms with Crippen LogP contribution in [0.1, 0.15) is 29.3 Å². The number of thioether (sulfide) groups is 1. The Morgan fingerprint density at radius 3 is 2.67 bits per heavy atom. The maximum atomic E-state index is 13.3. The number of para-hydroxylation sites is 1. The van der Waals surface area contributed by atoms with Crippen LogP contribution in [0.25, 0.3) is 16.6 Å². The van der Waals surface area contributed by atoms with Crippen molar-refractivity contribution in [2.24, 2.45) is 0 Å². The summed E-state index contributed by atoms with van der Waals surface area (Å²) in [6, 6.07) is 12.6. The molecule has 1 N–H and O–H groups in total. The van der Waals surface area contributed by atoms with Crippen molar-refractivity contribution in [2.45, 2.75) is 18.2 Å². The minimum atomic E-state index is -0.802. The Kier molecular flexibility index (Phi) is 5.37. The lowest BCUT2D eigenvalue weighted by molar-refractivity contribution is 0.0309. The molecule has 0 aliphatic carbocycles. The smallest absolute Gasteiger partial charge is 0.357 e. The largest absolute Gasteiger partial charge is 0.450 e. The standard InChI is InChI=1S/C21H17FN4O3S/c1-12(18-24-16-6-4-3-5-15(16)19(27)25-18)29-20(28)17-11-23-21(30-2)26(17)14-9-7-13(22)8-10-14/h3-12H,1-2H3,(H,24,25,27)/t12-/m0/s1. The van der Waals surface area contributed by atoms with Crippen LogP contribution in [0.2, 0.25) is 0 Å². The predicted octanol–water partition coefficient (Wildman–Crippen LogP) is 3.89. The third-order valence-electron chi connectivity index (χ3n) is 4.51. The van der Waals surface area contributed by atoms with Crippen molar-refractivity contribution in [1.29, 1.82) is 0 Å². The SMILES string of the molecule is CSc1ncc(C(=O)O[C@@H](C)c2nc3ccccc3c(=O)[nH]2)n1-c1ccc(F)cc1. The van der Waals surface area contributed by atoms with Crippen LogP contribution >= 0.6 is 11.8 Å². The van der Waals surface area contributed by atoms with Crippen molar-refractivity contribution in [3.05, 3.63) is 82.4 Å².